The van der Waals surface area contributed by atoms with E-state index in [4.69, 9.17) is 9.73 Å². The monoisotopic (exact) mass is 437 g/mol. The van der Waals surface area contributed by atoms with Gasteiger partial charge in [0.25, 0.3) is 5.91 Å². The Hall–Kier alpha value is -3.06. The number of ether oxygens (including phenoxy) is 1. The Balaban J connectivity index is 1.74. The summed E-state index contributed by atoms with van der Waals surface area (Å²) in [5.41, 5.74) is 2.83. The fraction of sp³-hybridized carbons (Fsp3) is 0.440. The van der Waals surface area contributed by atoms with E-state index in [2.05, 4.69) is 39.9 Å². The van der Waals surface area contributed by atoms with Crippen LogP contribution in [0.1, 0.15) is 47.3 Å². The van der Waals surface area contributed by atoms with Crippen LogP contribution < -0.4 is 20.7 Å². The van der Waals surface area contributed by atoms with Crippen molar-refractivity contribution in [2.45, 2.75) is 32.4 Å². The highest BCUT2D eigenvalue weighted by Gasteiger charge is 2.26. The molecule has 1 unspecified atom stereocenters. The van der Waals surface area contributed by atoms with Gasteiger partial charge in [-0.15, -0.1) is 0 Å². The Labute approximate surface area is 191 Å². The zero-order chi connectivity index (χ0) is 22.8. The number of aliphatic imine (C=N–C) groups is 1. The van der Waals surface area contributed by atoms with Crippen LogP contribution in [-0.2, 0) is 6.54 Å². The molecule has 3 N–H and O–H groups in total. The van der Waals surface area contributed by atoms with E-state index >= 15 is 0 Å². The van der Waals surface area contributed by atoms with Crippen LogP contribution in [0.2, 0.25) is 0 Å². The van der Waals surface area contributed by atoms with Gasteiger partial charge < -0.3 is 20.7 Å². The van der Waals surface area contributed by atoms with Gasteiger partial charge in [-0.2, -0.15) is 0 Å². The fourth-order valence-corrected chi connectivity index (χ4v) is 4.09. The maximum Gasteiger partial charge on any atom is 0.251 e. The molecule has 3 rings (SSSR count). The van der Waals surface area contributed by atoms with Crippen LogP contribution in [0, 0.1) is 0 Å². The van der Waals surface area contributed by atoms with Gasteiger partial charge in [0.05, 0.1) is 19.7 Å². The van der Waals surface area contributed by atoms with Gasteiger partial charge in [0.2, 0.25) is 0 Å². The molecular weight excluding hydrogens is 402 g/mol. The van der Waals surface area contributed by atoms with Crippen molar-refractivity contribution in [3.63, 3.8) is 0 Å². The number of amides is 1. The number of hydrogen-bond donors (Lipinski definition) is 3. The number of carbonyl (C=O) groups excluding carboxylic acids is 1. The molecule has 2 aromatic carbocycles. The third-order valence-electron chi connectivity index (χ3n) is 5.72. The summed E-state index contributed by atoms with van der Waals surface area (Å²) in [6.07, 6.45) is 2.45. The van der Waals surface area contributed by atoms with E-state index < -0.39 is 0 Å². The molecule has 0 aliphatic carbocycles. The lowest BCUT2D eigenvalue weighted by atomic mass is 10.0. The maximum atomic E-state index is 11.9. The predicted octanol–water partition coefficient (Wildman–Crippen LogP) is 2.95. The SMILES string of the molecule is CCNC(=NCc1cccc(C(=O)NC)c1)NCC(c1ccccc1OC)N1CCCC1. The first-order chi connectivity index (χ1) is 15.7. The van der Waals surface area contributed by atoms with Crippen molar-refractivity contribution < 1.29 is 9.53 Å². The average molecular weight is 438 g/mol. The van der Waals surface area contributed by atoms with Gasteiger partial charge in [-0.1, -0.05) is 30.3 Å². The quantitative estimate of drug-likeness (QED) is 0.415. The van der Waals surface area contributed by atoms with Crippen LogP contribution in [-0.4, -0.2) is 57.1 Å². The van der Waals surface area contributed by atoms with Gasteiger partial charge in [0.15, 0.2) is 5.96 Å². The van der Waals surface area contributed by atoms with Crippen molar-refractivity contribution in [1.82, 2.24) is 20.9 Å². The molecule has 7 nitrogen and oxygen atoms in total. The van der Waals surface area contributed by atoms with Crippen molar-refractivity contribution in [3.8, 4) is 5.75 Å². The van der Waals surface area contributed by atoms with Crippen LogP contribution in [0.3, 0.4) is 0 Å². The zero-order valence-electron chi connectivity index (χ0n) is 19.4. The highest BCUT2D eigenvalue weighted by Crippen LogP contribution is 2.31. The Bertz CT molecular complexity index is 909. The van der Waals surface area contributed by atoms with Crippen molar-refractivity contribution in [1.29, 1.82) is 0 Å². The summed E-state index contributed by atoms with van der Waals surface area (Å²) in [6.45, 7) is 6.22. The summed E-state index contributed by atoms with van der Waals surface area (Å²) in [7, 11) is 3.37. The first kappa shape index (κ1) is 23.6. The minimum Gasteiger partial charge on any atom is -0.496 e. The summed E-state index contributed by atoms with van der Waals surface area (Å²) in [5, 5.41) is 9.53. The molecule has 1 aliphatic rings. The number of rotatable bonds is 9. The smallest absolute Gasteiger partial charge is 0.251 e. The number of likely N-dealkylation sites (tertiary alicyclic amines) is 1. The molecule has 1 heterocycles. The van der Waals surface area contributed by atoms with Gasteiger partial charge >= 0.3 is 0 Å². The largest absolute Gasteiger partial charge is 0.496 e. The molecule has 0 saturated carbocycles. The average Bonchev–Trinajstić information content (AvgIpc) is 3.37. The highest BCUT2D eigenvalue weighted by molar-refractivity contribution is 5.94. The summed E-state index contributed by atoms with van der Waals surface area (Å²) in [4.78, 5) is 19.2. The third-order valence-corrected chi connectivity index (χ3v) is 5.72. The second kappa shape index (κ2) is 12.1. The van der Waals surface area contributed by atoms with E-state index in [0.717, 1.165) is 43.5 Å². The first-order valence-corrected chi connectivity index (χ1v) is 11.4. The molecule has 172 valence electrons. The second-order valence-electron chi connectivity index (χ2n) is 7.86. The van der Waals surface area contributed by atoms with Crippen molar-refractivity contribution in [3.05, 3.63) is 65.2 Å². The summed E-state index contributed by atoms with van der Waals surface area (Å²) in [5.74, 6) is 1.59. The minimum atomic E-state index is -0.0916. The predicted molar refractivity (Wildman–Crippen MR) is 129 cm³/mol. The topological polar surface area (TPSA) is 78.0 Å². The Kier molecular flexibility index (Phi) is 8.92. The van der Waals surface area contributed by atoms with E-state index in [1.54, 1.807) is 14.2 Å². The van der Waals surface area contributed by atoms with Crippen molar-refractivity contribution in [2.24, 2.45) is 4.99 Å². The number of para-hydroxylation sites is 1. The molecule has 0 aromatic heterocycles. The molecule has 0 bridgehead atoms. The molecular formula is C25H35N5O2. The van der Waals surface area contributed by atoms with Gasteiger partial charge in [-0.05, 0) is 56.6 Å². The number of benzene rings is 2. The van der Waals surface area contributed by atoms with Gasteiger partial charge in [-0.3, -0.25) is 9.69 Å². The fourth-order valence-electron chi connectivity index (χ4n) is 4.09. The number of methoxy groups -OCH3 is 1. The summed E-state index contributed by atoms with van der Waals surface area (Å²) in [6, 6.07) is 16.0. The standard InChI is InChI=1S/C25H35N5O2/c1-4-27-25(28-17-19-10-9-11-20(16-19)24(31)26-2)29-18-22(30-14-7-8-15-30)21-12-5-6-13-23(21)32-3/h5-6,9-13,16,22H,4,7-8,14-15,17-18H2,1-3H3,(H,26,31)(H2,27,28,29). The van der Waals surface area contributed by atoms with Gasteiger partial charge in [0.1, 0.15) is 5.75 Å². The lowest BCUT2D eigenvalue weighted by Gasteiger charge is -2.30. The molecule has 0 spiro atoms. The second-order valence-corrected chi connectivity index (χ2v) is 7.86. The molecule has 0 radical (unpaired) electrons. The molecule has 7 heteroatoms. The van der Waals surface area contributed by atoms with Crippen molar-refractivity contribution in [2.75, 3.05) is 40.3 Å². The molecule has 1 saturated heterocycles. The Morgan fingerprint density at radius 1 is 1.12 bits per heavy atom. The van der Waals surface area contributed by atoms with E-state index in [0.29, 0.717) is 12.1 Å². The van der Waals surface area contributed by atoms with Gasteiger partial charge in [-0.25, -0.2) is 4.99 Å². The summed E-state index contributed by atoms with van der Waals surface area (Å²) >= 11 is 0. The third kappa shape index (κ3) is 6.23. The Morgan fingerprint density at radius 2 is 1.91 bits per heavy atom. The number of guanidine groups is 1. The number of nitrogens with zero attached hydrogens (tertiary/aromatic N) is 2. The zero-order valence-corrected chi connectivity index (χ0v) is 19.4. The Morgan fingerprint density at radius 3 is 2.62 bits per heavy atom. The van der Waals surface area contributed by atoms with E-state index in [1.165, 1.54) is 18.4 Å². The molecule has 1 aliphatic heterocycles. The normalized spacial score (nSPS) is 15.3. The van der Waals surface area contributed by atoms with Crippen LogP contribution in [0.4, 0.5) is 0 Å². The minimum absolute atomic E-state index is 0.0916. The van der Waals surface area contributed by atoms with Crippen LogP contribution in [0.15, 0.2) is 53.5 Å². The molecule has 1 fully saturated rings. The van der Waals surface area contributed by atoms with E-state index in [9.17, 15) is 4.79 Å². The number of carbonyl (C=O) groups is 1. The lowest BCUT2D eigenvalue weighted by Crippen LogP contribution is -2.42. The van der Waals surface area contributed by atoms with Gasteiger partial charge in [0, 0.05) is 31.3 Å². The van der Waals surface area contributed by atoms with E-state index in [-0.39, 0.29) is 11.9 Å². The molecule has 1 atom stereocenters. The molecule has 2 aromatic rings. The highest BCUT2D eigenvalue weighted by atomic mass is 16.5. The maximum absolute atomic E-state index is 11.9. The van der Waals surface area contributed by atoms with Crippen LogP contribution in [0.25, 0.3) is 0 Å². The first-order valence-electron chi connectivity index (χ1n) is 11.4. The summed E-state index contributed by atoms with van der Waals surface area (Å²) < 4.78 is 5.65. The van der Waals surface area contributed by atoms with E-state index in [1.807, 2.05) is 36.4 Å². The molecule has 32 heavy (non-hydrogen) atoms. The lowest BCUT2D eigenvalue weighted by molar-refractivity contribution is 0.0963. The van der Waals surface area contributed by atoms with Crippen molar-refractivity contribution >= 4 is 11.9 Å². The number of hydrogen-bond acceptors (Lipinski definition) is 4. The van der Waals surface area contributed by atoms with Crippen LogP contribution >= 0.6 is 0 Å². The molecule has 1 amide bonds. The van der Waals surface area contributed by atoms with Crippen LogP contribution in [0.5, 0.6) is 5.75 Å². The number of nitrogens with one attached hydrogen (secondary N) is 3.